The highest BCUT2D eigenvalue weighted by Crippen LogP contribution is 2.36. The van der Waals surface area contributed by atoms with Crippen molar-refractivity contribution in [2.24, 2.45) is 0 Å². The Morgan fingerprint density at radius 1 is 1.13 bits per heavy atom. The van der Waals surface area contributed by atoms with Gasteiger partial charge in [0.15, 0.2) is 5.78 Å². The van der Waals surface area contributed by atoms with Gasteiger partial charge in [0.05, 0.1) is 17.1 Å². The molecule has 0 spiro atoms. The third-order valence-electron chi connectivity index (χ3n) is 4.12. The molecule has 0 amide bonds. The molecule has 0 saturated carbocycles. The number of ketones is 1. The largest absolute Gasteiger partial charge is 0.496 e. The Morgan fingerprint density at radius 3 is 2.35 bits per heavy atom. The van der Waals surface area contributed by atoms with E-state index in [4.69, 9.17) is 4.74 Å². The second-order valence-corrected chi connectivity index (χ2v) is 6.55. The monoisotopic (exact) mass is 371 g/mol. The highest BCUT2D eigenvalue weighted by atomic mass is 79.9. The molecule has 0 radical (unpaired) electrons. The van der Waals surface area contributed by atoms with E-state index in [0.29, 0.717) is 0 Å². The fraction of sp³-hybridized carbons (Fsp3) is 0.211. The van der Waals surface area contributed by atoms with E-state index in [1.54, 1.807) is 14.0 Å². The van der Waals surface area contributed by atoms with Gasteiger partial charge in [0.2, 0.25) is 0 Å². The smallest absolute Gasteiger partial charge is 0.162 e. The lowest BCUT2D eigenvalue weighted by Crippen LogP contribution is -1.99. The molecule has 2 aromatic carbocycles. The minimum absolute atomic E-state index is 0.0581. The number of methoxy groups -OCH3 is 1. The quantitative estimate of drug-likeness (QED) is 0.590. The van der Waals surface area contributed by atoms with Crippen molar-refractivity contribution in [2.45, 2.75) is 20.8 Å². The van der Waals surface area contributed by atoms with Crippen LogP contribution in [0.25, 0.3) is 16.6 Å². The van der Waals surface area contributed by atoms with Crippen LogP contribution >= 0.6 is 15.9 Å². The number of ether oxygens (including phenoxy) is 1. The number of aryl methyl sites for hydroxylation is 1. The third kappa shape index (κ3) is 2.57. The van der Waals surface area contributed by atoms with Gasteiger partial charge in [0, 0.05) is 22.3 Å². The normalized spacial score (nSPS) is 11.0. The van der Waals surface area contributed by atoms with E-state index in [2.05, 4.69) is 51.7 Å². The summed E-state index contributed by atoms with van der Waals surface area (Å²) in [7, 11) is 1.63. The van der Waals surface area contributed by atoms with Crippen molar-refractivity contribution in [3.05, 3.63) is 57.7 Å². The van der Waals surface area contributed by atoms with Crippen molar-refractivity contribution in [1.29, 1.82) is 0 Å². The molecule has 0 aliphatic heterocycles. The van der Waals surface area contributed by atoms with Crippen LogP contribution in [0.4, 0.5) is 0 Å². The first kappa shape index (κ1) is 15.8. The van der Waals surface area contributed by atoms with Crippen LogP contribution < -0.4 is 4.74 Å². The lowest BCUT2D eigenvalue weighted by atomic mass is 10.1. The zero-order valence-corrected chi connectivity index (χ0v) is 15.2. The first-order chi connectivity index (χ1) is 10.9. The number of halogens is 1. The number of nitrogens with zero attached hydrogens (tertiary/aromatic N) is 1. The van der Waals surface area contributed by atoms with E-state index in [1.165, 1.54) is 5.56 Å². The van der Waals surface area contributed by atoms with Crippen LogP contribution in [-0.2, 0) is 0 Å². The number of hydrogen-bond donors (Lipinski definition) is 0. The van der Waals surface area contributed by atoms with Gasteiger partial charge in [-0.15, -0.1) is 0 Å². The van der Waals surface area contributed by atoms with E-state index in [-0.39, 0.29) is 5.78 Å². The maximum atomic E-state index is 12.2. The molecule has 0 bridgehead atoms. The predicted molar refractivity (Wildman–Crippen MR) is 97.0 cm³/mol. The van der Waals surface area contributed by atoms with Crippen LogP contribution in [0.5, 0.6) is 5.75 Å². The average Bonchev–Trinajstić information content (AvgIpc) is 2.78. The standard InChI is InChI=1S/C19H18BrNO2/c1-11-5-7-14(8-6-11)21-12(2)19(13(3)22)15-9-18(23-4)16(20)10-17(15)21/h5-10H,1-4H3. The van der Waals surface area contributed by atoms with Gasteiger partial charge >= 0.3 is 0 Å². The summed E-state index contributed by atoms with van der Waals surface area (Å²) in [5.41, 5.74) is 4.92. The maximum absolute atomic E-state index is 12.2. The summed E-state index contributed by atoms with van der Waals surface area (Å²) >= 11 is 3.54. The van der Waals surface area contributed by atoms with Crippen molar-refractivity contribution in [2.75, 3.05) is 7.11 Å². The molecule has 1 aromatic heterocycles. The van der Waals surface area contributed by atoms with E-state index in [9.17, 15) is 4.79 Å². The SMILES string of the molecule is COc1cc2c(C(C)=O)c(C)n(-c3ccc(C)cc3)c2cc1Br. The molecule has 3 nitrogen and oxygen atoms in total. The molecule has 1 heterocycles. The molecule has 118 valence electrons. The fourth-order valence-corrected chi connectivity index (χ4v) is 3.54. The zero-order chi connectivity index (χ0) is 16.7. The van der Waals surface area contributed by atoms with Crippen LogP contribution in [0, 0.1) is 13.8 Å². The predicted octanol–water partition coefficient (Wildman–Crippen LogP) is 5.22. The molecular formula is C19H18BrNO2. The molecule has 0 saturated heterocycles. The number of hydrogen-bond acceptors (Lipinski definition) is 2. The van der Waals surface area contributed by atoms with Crippen LogP contribution in [0.2, 0.25) is 0 Å². The number of benzene rings is 2. The molecule has 0 atom stereocenters. The van der Waals surface area contributed by atoms with Crippen LogP contribution in [0.3, 0.4) is 0 Å². The third-order valence-corrected chi connectivity index (χ3v) is 4.74. The molecule has 0 fully saturated rings. The van der Waals surface area contributed by atoms with Crippen molar-refractivity contribution in [3.8, 4) is 11.4 Å². The van der Waals surface area contributed by atoms with E-state index < -0.39 is 0 Å². The minimum Gasteiger partial charge on any atom is -0.496 e. The van der Waals surface area contributed by atoms with Crippen molar-refractivity contribution >= 4 is 32.6 Å². The molecular weight excluding hydrogens is 354 g/mol. The molecule has 4 heteroatoms. The van der Waals surface area contributed by atoms with E-state index in [1.807, 2.05) is 19.1 Å². The number of fused-ring (bicyclic) bond motifs is 1. The Morgan fingerprint density at radius 2 is 1.78 bits per heavy atom. The first-order valence-corrected chi connectivity index (χ1v) is 8.20. The molecule has 0 aliphatic rings. The number of aromatic nitrogens is 1. The average molecular weight is 372 g/mol. The maximum Gasteiger partial charge on any atom is 0.162 e. The second-order valence-electron chi connectivity index (χ2n) is 5.69. The number of rotatable bonds is 3. The summed E-state index contributed by atoms with van der Waals surface area (Å²) in [4.78, 5) is 12.2. The van der Waals surface area contributed by atoms with E-state index in [0.717, 1.165) is 38.1 Å². The molecule has 23 heavy (non-hydrogen) atoms. The Kier molecular flexibility index (Phi) is 4.02. The van der Waals surface area contributed by atoms with Crippen LogP contribution in [0.15, 0.2) is 40.9 Å². The summed E-state index contributed by atoms with van der Waals surface area (Å²) in [5.74, 6) is 0.781. The zero-order valence-electron chi connectivity index (χ0n) is 13.6. The van der Waals surface area contributed by atoms with Crippen LogP contribution in [-0.4, -0.2) is 17.5 Å². The van der Waals surface area contributed by atoms with Gasteiger partial charge in [-0.1, -0.05) is 17.7 Å². The minimum atomic E-state index is 0.0581. The summed E-state index contributed by atoms with van der Waals surface area (Å²) in [6, 6.07) is 12.2. The molecule has 3 rings (SSSR count). The Bertz CT molecular complexity index is 908. The Balaban J connectivity index is 2.42. The molecule has 0 N–H and O–H groups in total. The van der Waals surface area contributed by atoms with Crippen molar-refractivity contribution in [1.82, 2.24) is 4.57 Å². The lowest BCUT2D eigenvalue weighted by Gasteiger charge is -2.10. The van der Waals surface area contributed by atoms with Gasteiger partial charge in [-0.2, -0.15) is 0 Å². The Hall–Kier alpha value is -2.07. The fourth-order valence-electron chi connectivity index (χ4n) is 3.04. The number of carbonyl (C=O) groups is 1. The van der Waals surface area contributed by atoms with Gasteiger partial charge in [-0.3, -0.25) is 4.79 Å². The second kappa shape index (κ2) is 5.85. The summed E-state index contributed by atoms with van der Waals surface area (Å²) < 4.78 is 8.38. The van der Waals surface area contributed by atoms with Crippen molar-refractivity contribution < 1.29 is 9.53 Å². The molecule has 3 aromatic rings. The Labute approximate surface area is 144 Å². The van der Waals surface area contributed by atoms with Gasteiger partial charge in [0.1, 0.15) is 5.75 Å². The lowest BCUT2D eigenvalue weighted by molar-refractivity contribution is 0.101. The van der Waals surface area contributed by atoms with E-state index >= 15 is 0 Å². The topological polar surface area (TPSA) is 31.2 Å². The van der Waals surface area contributed by atoms with Gasteiger partial charge in [-0.25, -0.2) is 0 Å². The number of carbonyl (C=O) groups excluding carboxylic acids is 1. The first-order valence-electron chi connectivity index (χ1n) is 7.40. The van der Waals surface area contributed by atoms with Gasteiger partial charge in [-0.05, 0) is 61.0 Å². The summed E-state index contributed by atoms with van der Waals surface area (Å²) in [5, 5.41) is 0.913. The molecule has 0 aliphatic carbocycles. The summed E-state index contributed by atoms with van der Waals surface area (Å²) in [6.07, 6.45) is 0. The highest BCUT2D eigenvalue weighted by Gasteiger charge is 2.20. The summed E-state index contributed by atoms with van der Waals surface area (Å²) in [6.45, 7) is 5.65. The van der Waals surface area contributed by atoms with Crippen LogP contribution in [0.1, 0.15) is 28.5 Å². The van der Waals surface area contributed by atoms with Crippen molar-refractivity contribution in [3.63, 3.8) is 0 Å². The number of Topliss-reactive ketones (excluding diaryl/α,β-unsaturated/α-hetero) is 1. The van der Waals surface area contributed by atoms with Gasteiger partial charge in [0.25, 0.3) is 0 Å². The molecule has 0 unspecified atom stereocenters. The highest BCUT2D eigenvalue weighted by molar-refractivity contribution is 9.10. The van der Waals surface area contributed by atoms with Gasteiger partial charge < -0.3 is 9.30 Å².